The van der Waals surface area contributed by atoms with Crippen LogP contribution in [-0.4, -0.2) is 0 Å². The molecular formula is C12H16BrClN2. The lowest BCUT2D eigenvalue weighted by molar-refractivity contribution is 0.545. The van der Waals surface area contributed by atoms with Crippen molar-refractivity contribution in [1.29, 1.82) is 0 Å². The van der Waals surface area contributed by atoms with Gasteiger partial charge in [0, 0.05) is 9.50 Å². The van der Waals surface area contributed by atoms with E-state index < -0.39 is 0 Å². The molecule has 0 aliphatic heterocycles. The molecule has 0 amide bonds. The second-order valence-electron chi connectivity index (χ2n) is 3.69. The van der Waals surface area contributed by atoms with Gasteiger partial charge in [0.15, 0.2) is 0 Å². The Morgan fingerprint density at radius 1 is 1.62 bits per heavy atom. The summed E-state index contributed by atoms with van der Waals surface area (Å²) in [6.07, 6.45) is 1.74. The van der Waals surface area contributed by atoms with Crippen molar-refractivity contribution in [2.75, 3.05) is 0 Å². The van der Waals surface area contributed by atoms with Gasteiger partial charge in [-0.3, -0.25) is 11.3 Å². The van der Waals surface area contributed by atoms with E-state index in [1.165, 1.54) is 0 Å². The summed E-state index contributed by atoms with van der Waals surface area (Å²) >= 11 is 9.58. The van der Waals surface area contributed by atoms with Crippen LogP contribution in [0, 0.1) is 0 Å². The molecule has 0 spiro atoms. The quantitative estimate of drug-likeness (QED) is 0.491. The van der Waals surface area contributed by atoms with Crippen molar-refractivity contribution in [3.05, 3.63) is 45.4 Å². The number of benzene rings is 1. The molecule has 0 radical (unpaired) electrons. The van der Waals surface area contributed by atoms with E-state index in [-0.39, 0.29) is 6.04 Å². The van der Waals surface area contributed by atoms with E-state index in [0.717, 1.165) is 33.5 Å². The largest absolute Gasteiger partial charge is 0.271 e. The summed E-state index contributed by atoms with van der Waals surface area (Å²) in [7, 11) is 0. The van der Waals surface area contributed by atoms with Gasteiger partial charge in [-0.15, -0.1) is 0 Å². The van der Waals surface area contributed by atoms with Crippen LogP contribution in [0.5, 0.6) is 0 Å². The lowest BCUT2D eigenvalue weighted by atomic mass is 9.99. The number of rotatable bonds is 5. The Morgan fingerprint density at radius 2 is 2.31 bits per heavy atom. The van der Waals surface area contributed by atoms with Gasteiger partial charge in [-0.2, -0.15) is 0 Å². The molecule has 1 rings (SSSR count). The smallest absolute Gasteiger partial charge is 0.0512 e. The minimum absolute atomic E-state index is 0.0115. The molecule has 0 aliphatic carbocycles. The van der Waals surface area contributed by atoms with Crippen LogP contribution in [0.15, 0.2) is 34.8 Å². The normalized spacial score (nSPS) is 12.5. The zero-order valence-electron chi connectivity index (χ0n) is 9.26. The summed E-state index contributed by atoms with van der Waals surface area (Å²) in [6.45, 7) is 6.07. The standard InChI is InChI=1S/C12H16BrClN2/c1-3-8(2)6-12(16-15)10-7-9(13)4-5-11(10)14/h4-5,7,12,16H,2-3,6,15H2,1H3. The van der Waals surface area contributed by atoms with E-state index in [2.05, 4.69) is 34.9 Å². The molecule has 3 N–H and O–H groups in total. The number of hydrogen-bond donors (Lipinski definition) is 2. The Morgan fingerprint density at radius 3 is 2.88 bits per heavy atom. The first-order valence-electron chi connectivity index (χ1n) is 5.16. The molecule has 0 aliphatic rings. The fourth-order valence-corrected chi connectivity index (χ4v) is 2.10. The average molecular weight is 304 g/mol. The van der Waals surface area contributed by atoms with Crippen LogP contribution in [0.3, 0.4) is 0 Å². The molecule has 1 atom stereocenters. The highest BCUT2D eigenvalue weighted by Gasteiger charge is 2.14. The van der Waals surface area contributed by atoms with Gasteiger partial charge in [-0.1, -0.05) is 46.6 Å². The predicted octanol–water partition coefficient (Wildman–Crippen LogP) is 3.96. The summed E-state index contributed by atoms with van der Waals surface area (Å²) < 4.78 is 0.995. The summed E-state index contributed by atoms with van der Waals surface area (Å²) in [5.74, 6) is 5.56. The zero-order valence-corrected chi connectivity index (χ0v) is 11.6. The van der Waals surface area contributed by atoms with E-state index in [1.807, 2.05) is 18.2 Å². The second-order valence-corrected chi connectivity index (χ2v) is 5.02. The second kappa shape index (κ2) is 6.40. The molecule has 1 aromatic carbocycles. The van der Waals surface area contributed by atoms with Gasteiger partial charge < -0.3 is 0 Å². The minimum Gasteiger partial charge on any atom is -0.271 e. The Bertz CT molecular complexity index is 379. The third-order valence-electron chi connectivity index (χ3n) is 2.53. The summed E-state index contributed by atoms with van der Waals surface area (Å²) in [5.41, 5.74) is 4.93. The molecule has 1 unspecified atom stereocenters. The van der Waals surface area contributed by atoms with Crippen LogP contribution >= 0.6 is 27.5 Å². The van der Waals surface area contributed by atoms with E-state index in [4.69, 9.17) is 17.4 Å². The SMILES string of the molecule is C=C(CC)CC(NN)c1cc(Br)ccc1Cl. The average Bonchev–Trinajstić information content (AvgIpc) is 2.29. The Labute approximate surface area is 110 Å². The molecule has 0 saturated heterocycles. The summed E-state index contributed by atoms with van der Waals surface area (Å²) in [4.78, 5) is 0. The molecule has 88 valence electrons. The fraction of sp³-hybridized carbons (Fsp3) is 0.333. The van der Waals surface area contributed by atoms with Gasteiger partial charge in [0.2, 0.25) is 0 Å². The lowest BCUT2D eigenvalue weighted by Gasteiger charge is -2.18. The molecule has 0 bridgehead atoms. The van der Waals surface area contributed by atoms with Crippen LogP contribution in [0.1, 0.15) is 31.4 Å². The molecule has 16 heavy (non-hydrogen) atoms. The summed E-state index contributed by atoms with van der Waals surface area (Å²) in [5, 5.41) is 0.718. The number of nitrogens with one attached hydrogen (secondary N) is 1. The first kappa shape index (κ1) is 13.7. The number of hydrogen-bond acceptors (Lipinski definition) is 2. The van der Waals surface area contributed by atoms with Gasteiger partial charge in [-0.05, 0) is 36.6 Å². The van der Waals surface area contributed by atoms with Crippen molar-refractivity contribution >= 4 is 27.5 Å². The van der Waals surface area contributed by atoms with Gasteiger partial charge in [0.25, 0.3) is 0 Å². The highest BCUT2D eigenvalue weighted by molar-refractivity contribution is 9.10. The summed E-state index contributed by atoms with van der Waals surface area (Å²) in [6, 6.07) is 5.77. The molecular weight excluding hydrogens is 288 g/mol. The molecule has 0 fully saturated rings. The van der Waals surface area contributed by atoms with Crippen LogP contribution in [0.2, 0.25) is 5.02 Å². The molecule has 1 aromatic rings. The fourth-order valence-electron chi connectivity index (χ4n) is 1.47. The van der Waals surface area contributed by atoms with Crippen molar-refractivity contribution < 1.29 is 0 Å². The highest BCUT2D eigenvalue weighted by Crippen LogP contribution is 2.29. The molecule has 2 nitrogen and oxygen atoms in total. The van der Waals surface area contributed by atoms with Gasteiger partial charge in [0.05, 0.1) is 6.04 Å². The predicted molar refractivity (Wildman–Crippen MR) is 73.3 cm³/mol. The van der Waals surface area contributed by atoms with Crippen molar-refractivity contribution in [1.82, 2.24) is 5.43 Å². The third kappa shape index (κ3) is 3.59. The van der Waals surface area contributed by atoms with E-state index in [9.17, 15) is 0 Å². The van der Waals surface area contributed by atoms with E-state index in [1.54, 1.807) is 0 Å². The van der Waals surface area contributed by atoms with Crippen molar-refractivity contribution in [3.8, 4) is 0 Å². The van der Waals surface area contributed by atoms with Crippen LogP contribution in [0.4, 0.5) is 0 Å². The van der Waals surface area contributed by atoms with E-state index >= 15 is 0 Å². The minimum atomic E-state index is 0.0115. The number of nitrogens with two attached hydrogens (primary N) is 1. The Kier molecular flexibility index (Phi) is 5.49. The van der Waals surface area contributed by atoms with E-state index in [0.29, 0.717) is 0 Å². The first-order chi connectivity index (χ1) is 7.58. The van der Waals surface area contributed by atoms with Crippen molar-refractivity contribution in [3.63, 3.8) is 0 Å². The molecule has 4 heteroatoms. The van der Waals surface area contributed by atoms with Gasteiger partial charge in [-0.25, -0.2) is 0 Å². The maximum atomic E-state index is 6.15. The maximum absolute atomic E-state index is 6.15. The topological polar surface area (TPSA) is 38.0 Å². The lowest BCUT2D eigenvalue weighted by Crippen LogP contribution is -2.28. The first-order valence-corrected chi connectivity index (χ1v) is 6.33. The van der Waals surface area contributed by atoms with Crippen LogP contribution in [-0.2, 0) is 0 Å². The molecule has 0 aromatic heterocycles. The monoisotopic (exact) mass is 302 g/mol. The van der Waals surface area contributed by atoms with Gasteiger partial charge >= 0.3 is 0 Å². The number of halogens is 2. The third-order valence-corrected chi connectivity index (χ3v) is 3.36. The molecule has 0 heterocycles. The van der Waals surface area contributed by atoms with Crippen LogP contribution < -0.4 is 11.3 Å². The zero-order chi connectivity index (χ0) is 12.1. The van der Waals surface area contributed by atoms with Crippen molar-refractivity contribution in [2.45, 2.75) is 25.8 Å². The molecule has 0 saturated carbocycles. The Balaban J connectivity index is 2.94. The highest BCUT2D eigenvalue weighted by atomic mass is 79.9. The van der Waals surface area contributed by atoms with Crippen LogP contribution in [0.25, 0.3) is 0 Å². The maximum Gasteiger partial charge on any atom is 0.0512 e. The number of hydrazine groups is 1. The van der Waals surface area contributed by atoms with Crippen molar-refractivity contribution in [2.24, 2.45) is 5.84 Å². The van der Waals surface area contributed by atoms with Gasteiger partial charge in [0.1, 0.15) is 0 Å². The Hall–Kier alpha value is -0.350.